The van der Waals surface area contributed by atoms with Crippen molar-refractivity contribution in [3.8, 4) is 5.69 Å². The van der Waals surface area contributed by atoms with Gasteiger partial charge in [-0.1, -0.05) is 6.07 Å². The summed E-state index contributed by atoms with van der Waals surface area (Å²) < 4.78 is 15.1. The van der Waals surface area contributed by atoms with E-state index >= 15 is 0 Å². The molecule has 1 aromatic carbocycles. The van der Waals surface area contributed by atoms with Crippen molar-refractivity contribution in [2.24, 2.45) is 0 Å². The first kappa shape index (κ1) is 11.6. The Balaban J connectivity index is 2.39. The van der Waals surface area contributed by atoms with Gasteiger partial charge in [0.1, 0.15) is 11.3 Å². The fourth-order valence-corrected chi connectivity index (χ4v) is 2.17. The number of nitrogen functional groups attached to an aromatic ring is 1. The van der Waals surface area contributed by atoms with E-state index < -0.39 is 0 Å². The summed E-state index contributed by atoms with van der Waals surface area (Å²) in [5.74, 6) is 0.00000283. The molecule has 3 rings (SSSR count). The Kier molecular flexibility index (Phi) is 2.48. The monoisotopic (exact) mass is 256 g/mol. The second-order valence-corrected chi connectivity index (χ2v) is 4.54. The lowest BCUT2D eigenvalue weighted by atomic mass is 10.2. The van der Waals surface area contributed by atoms with Crippen LogP contribution in [-0.2, 0) is 0 Å². The summed E-state index contributed by atoms with van der Waals surface area (Å²) in [7, 11) is 0. The van der Waals surface area contributed by atoms with Gasteiger partial charge in [-0.3, -0.25) is 4.57 Å². The van der Waals surface area contributed by atoms with Crippen LogP contribution in [0.25, 0.3) is 16.9 Å². The third-order valence-electron chi connectivity index (χ3n) is 3.19. The van der Waals surface area contributed by atoms with Gasteiger partial charge < -0.3 is 5.73 Å². The third kappa shape index (κ3) is 1.74. The van der Waals surface area contributed by atoms with Crippen molar-refractivity contribution < 1.29 is 4.39 Å². The normalized spacial score (nSPS) is 11.1. The van der Waals surface area contributed by atoms with Crippen LogP contribution in [0.5, 0.6) is 0 Å². The zero-order valence-electron chi connectivity index (χ0n) is 10.7. The standard InChI is InChI=1S/C14H13FN4/c1-8-3-4-10(15)7-11(8)19-13-12(18-14(19)16)9(2)5-6-17-13/h3-7H,1-2H3,(H2,16,18). The summed E-state index contributed by atoms with van der Waals surface area (Å²) in [5, 5.41) is 0. The van der Waals surface area contributed by atoms with E-state index in [1.54, 1.807) is 16.8 Å². The van der Waals surface area contributed by atoms with Gasteiger partial charge in [-0.25, -0.2) is 14.4 Å². The fraction of sp³-hybridized carbons (Fsp3) is 0.143. The van der Waals surface area contributed by atoms with Crippen molar-refractivity contribution in [3.05, 3.63) is 47.4 Å². The zero-order chi connectivity index (χ0) is 13.6. The maximum absolute atomic E-state index is 13.5. The molecule has 2 aromatic heterocycles. The van der Waals surface area contributed by atoms with E-state index in [9.17, 15) is 4.39 Å². The molecule has 96 valence electrons. The quantitative estimate of drug-likeness (QED) is 0.728. The van der Waals surface area contributed by atoms with Crippen LogP contribution in [0.3, 0.4) is 0 Å². The van der Waals surface area contributed by atoms with E-state index in [0.29, 0.717) is 17.3 Å². The molecule has 3 aromatic rings. The van der Waals surface area contributed by atoms with Crippen LogP contribution in [0.1, 0.15) is 11.1 Å². The fourth-order valence-electron chi connectivity index (χ4n) is 2.17. The van der Waals surface area contributed by atoms with Gasteiger partial charge in [-0.2, -0.15) is 0 Å². The van der Waals surface area contributed by atoms with E-state index in [-0.39, 0.29) is 5.82 Å². The number of aromatic nitrogens is 3. The van der Waals surface area contributed by atoms with Crippen molar-refractivity contribution >= 4 is 17.1 Å². The second-order valence-electron chi connectivity index (χ2n) is 4.54. The van der Waals surface area contributed by atoms with Gasteiger partial charge in [0.2, 0.25) is 5.95 Å². The number of anilines is 1. The molecule has 0 radical (unpaired) electrons. The Bertz CT molecular complexity index is 776. The maximum atomic E-state index is 13.5. The molecule has 0 fully saturated rings. The maximum Gasteiger partial charge on any atom is 0.207 e. The van der Waals surface area contributed by atoms with E-state index in [2.05, 4.69) is 9.97 Å². The van der Waals surface area contributed by atoms with Gasteiger partial charge in [0.25, 0.3) is 0 Å². The number of hydrogen-bond donors (Lipinski definition) is 1. The molecule has 0 spiro atoms. The number of benzene rings is 1. The molecule has 0 aliphatic carbocycles. The molecule has 0 aliphatic heterocycles. The molecule has 0 amide bonds. The zero-order valence-corrected chi connectivity index (χ0v) is 10.7. The lowest BCUT2D eigenvalue weighted by molar-refractivity contribution is 0.626. The molecule has 4 nitrogen and oxygen atoms in total. The van der Waals surface area contributed by atoms with Gasteiger partial charge in [-0.15, -0.1) is 0 Å². The first-order valence-corrected chi connectivity index (χ1v) is 5.94. The van der Waals surface area contributed by atoms with Crippen LogP contribution in [0.15, 0.2) is 30.5 Å². The number of fused-ring (bicyclic) bond motifs is 1. The molecule has 5 heteroatoms. The van der Waals surface area contributed by atoms with Crippen LogP contribution in [0.4, 0.5) is 10.3 Å². The summed E-state index contributed by atoms with van der Waals surface area (Å²) >= 11 is 0. The smallest absolute Gasteiger partial charge is 0.207 e. The molecular formula is C14H13FN4. The number of rotatable bonds is 1. The highest BCUT2D eigenvalue weighted by Gasteiger charge is 2.14. The van der Waals surface area contributed by atoms with Crippen molar-refractivity contribution in [2.45, 2.75) is 13.8 Å². The first-order chi connectivity index (χ1) is 9.08. The molecule has 2 heterocycles. The Morgan fingerprint density at radius 1 is 1.16 bits per heavy atom. The number of hydrogen-bond acceptors (Lipinski definition) is 3. The summed E-state index contributed by atoms with van der Waals surface area (Å²) in [6.45, 7) is 3.84. The van der Waals surface area contributed by atoms with Crippen LogP contribution in [0, 0.1) is 19.7 Å². The van der Waals surface area contributed by atoms with Crippen molar-refractivity contribution in [2.75, 3.05) is 5.73 Å². The number of nitrogens with two attached hydrogens (primary N) is 1. The van der Waals surface area contributed by atoms with E-state index in [4.69, 9.17) is 5.73 Å². The van der Waals surface area contributed by atoms with E-state index in [1.165, 1.54) is 12.1 Å². The molecule has 19 heavy (non-hydrogen) atoms. The van der Waals surface area contributed by atoms with E-state index in [1.807, 2.05) is 19.9 Å². The Morgan fingerprint density at radius 3 is 2.74 bits per heavy atom. The molecule has 0 atom stereocenters. The van der Waals surface area contributed by atoms with Gasteiger partial charge in [-0.05, 0) is 43.2 Å². The van der Waals surface area contributed by atoms with Gasteiger partial charge in [0.05, 0.1) is 5.69 Å². The highest BCUT2D eigenvalue weighted by molar-refractivity contribution is 5.80. The minimum atomic E-state index is -0.311. The SMILES string of the molecule is Cc1ccc(F)cc1-n1c(N)nc2c(C)ccnc21. The minimum absolute atomic E-state index is 0.311. The molecule has 0 aliphatic rings. The highest BCUT2D eigenvalue weighted by atomic mass is 19.1. The van der Waals surface area contributed by atoms with E-state index in [0.717, 1.165) is 16.6 Å². The largest absolute Gasteiger partial charge is 0.369 e. The second kappa shape index (κ2) is 4.05. The summed E-state index contributed by atoms with van der Waals surface area (Å²) in [5.41, 5.74) is 9.91. The van der Waals surface area contributed by atoms with Gasteiger partial charge >= 0.3 is 0 Å². The van der Waals surface area contributed by atoms with Crippen molar-refractivity contribution in [1.82, 2.24) is 14.5 Å². The predicted molar refractivity (Wildman–Crippen MR) is 72.7 cm³/mol. The lowest BCUT2D eigenvalue weighted by Gasteiger charge is -2.09. The number of aryl methyl sites for hydroxylation is 2. The van der Waals surface area contributed by atoms with Crippen molar-refractivity contribution in [1.29, 1.82) is 0 Å². The molecule has 0 bridgehead atoms. The Hall–Kier alpha value is -2.43. The highest BCUT2D eigenvalue weighted by Crippen LogP contribution is 2.25. The van der Waals surface area contributed by atoms with Crippen LogP contribution in [0.2, 0.25) is 0 Å². The summed E-state index contributed by atoms with van der Waals surface area (Å²) in [4.78, 5) is 8.62. The molecule has 0 unspecified atom stereocenters. The topological polar surface area (TPSA) is 56.7 Å². The minimum Gasteiger partial charge on any atom is -0.369 e. The lowest BCUT2D eigenvalue weighted by Crippen LogP contribution is -2.03. The van der Waals surface area contributed by atoms with Crippen LogP contribution >= 0.6 is 0 Å². The molecule has 0 saturated carbocycles. The number of halogens is 1. The third-order valence-corrected chi connectivity index (χ3v) is 3.19. The van der Waals surface area contributed by atoms with Gasteiger partial charge in [0, 0.05) is 6.20 Å². The number of nitrogens with zero attached hydrogens (tertiary/aromatic N) is 3. The molecule has 0 saturated heterocycles. The average Bonchev–Trinajstić information content (AvgIpc) is 2.70. The van der Waals surface area contributed by atoms with Crippen LogP contribution < -0.4 is 5.73 Å². The number of pyridine rings is 1. The first-order valence-electron chi connectivity index (χ1n) is 5.94. The Labute approximate surface area is 109 Å². The molecular weight excluding hydrogens is 243 g/mol. The number of imidazole rings is 1. The summed E-state index contributed by atoms with van der Waals surface area (Å²) in [6, 6.07) is 6.45. The van der Waals surface area contributed by atoms with Gasteiger partial charge in [0.15, 0.2) is 5.65 Å². The average molecular weight is 256 g/mol. The molecule has 2 N–H and O–H groups in total. The summed E-state index contributed by atoms with van der Waals surface area (Å²) in [6.07, 6.45) is 1.70. The Morgan fingerprint density at radius 2 is 1.95 bits per heavy atom. The van der Waals surface area contributed by atoms with Crippen LogP contribution in [-0.4, -0.2) is 14.5 Å². The predicted octanol–water partition coefficient (Wildman–Crippen LogP) is 2.76. The van der Waals surface area contributed by atoms with Crippen molar-refractivity contribution in [3.63, 3.8) is 0 Å².